The average molecular weight is 507 g/mol. The van der Waals surface area contributed by atoms with Crippen molar-refractivity contribution in [2.24, 2.45) is 16.8 Å². The minimum Gasteiger partial charge on any atom is -0.463 e. The van der Waals surface area contributed by atoms with E-state index in [2.05, 4.69) is 21.9 Å². The average Bonchev–Trinajstić information content (AvgIpc) is 2.86. The van der Waals surface area contributed by atoms with E-state index < -0.39 is 13.0 Å². The van der Waals surface area contributed by atoms with Gasteiger partial charge in [-0.2, -0.15) is 4.98 Å². The van der Waals surface area contributed by atoms with Crippen molar-refractivity contribution in [2.75, 3.05) is 11.9 Å². The summed E-state index contributed by atoms with van der Waals surface area (Å²) in [5.41, 5.74) is 7.59. The summed E-state index contributed by atoms with van der Waals surface area (Å²) in [5, 5.41) is 0.610. The number of hydrogen-bond acceptors (Lipinski definition) is 6. The van der Waals surface area contributed by atoms with E-state index in [1.807, 2.05) is 62.4 Å². The van der Waals surface area contributed by atoms with E-state index in [0.717, 1.165) is 30.0 Å². The van der Waals surface area contributed by atoms with Crippen molar-refractivity contribution in [3.05, 3.63) is 72.6 Å². The Kier molecular flexibility index (Phi) is 7.91. The van der Waals surface area contributed by atoms with Gasteiger partial charge in [-0.3, -0.25) is 4.57 Å². The molecular formula is C28H35N4O3P. The van der Waals surface area contributed by atoms with E-state index in [1.54, 1.807) is 12.1 Å². The van der Waals surface area contributed by atoms with Crippen molar-refractivity contribution in [3.63, 3.8) is 0 Å². The number of nitrogens with zero attached hydrogens (tertiary/aromatic N) is 3. The highest BCUT2D eigenvalue weighted by atomic mass is 31.2. The smallest absolute Gasteiger partial charge is 0.246 e. The first-order valence-electron chi connectivity index (χ1n) is 12.5. The molecule has 0 spiro atoms. The fraction of sp³-hybridized carbons (Fsp3) is 0.393. The maximum atomic E-state index is 12.3. The fourth-order valence-corrected chi connectivity index (χ4v) is 6.64. The number of nitrogen functional groups attached to an aromatic ring is 1. The molecule has 0 amide bonds. The first-order valence-corrected chi connectivity index (χ1v) is 14.3. The van der Waals surface area contributed by atoms with Crippen LogP contribution in [0.1, 0.15) is 52.0 Å². The van der Waals surface area contributed by atoms with Gasteiger partial charge in [0.25, 0.3) is 0 Å². The highest BCUT2D eigenvalue weighted by molar-refractivity contribution is 7.66. The zero-order valence-corrected chi connectivity index (χ0v) is 22.1. The SMILES string of the molecule is CC1(C)Oc2ncnc(N)c2N=C1c1ccccc1.CC1CCC(CP(=O)(O)c2ccccc2)CC1. The van der Waals surface area contributed by atoms with Crippen molar-refractivity contribution < 1.29 is 14.2 Å². The first kappa shape index (κ1) is 26.1. The summed E-state index contributed by atoms with van der Waals surface area (Å²) in [6.45, 7) is 6.19. The molecule has 1 aromatic heterocycles. The minimum atomic E-state index is -3.13. The number of rotatable bonds is 4. The molecule has 0 bridgehead atoms. The molecule has 1 unspecified atom stereocenters. The van der Waals surface area contributed by atoms with Gasteiger partial charge in [-0.05, 0) is 50.7 Å². The molecule has 1 atom stereocenters. The summed E-state index contributed by atoms with van der Waals surface area (Å²) >= 11 is 0. The molecule has 1 fully saturated rings. The predicted molar refractivity (Wildman–Crippen MR) is 146 cm³/mol. The van der Waals surface area contributed by atoms with Crippen LogP contribution in [0.2, 0.25) is 0 Å². The molecule has 1 saturated carbocycles. The summed E-state index contributed by atoms with van der Waals surface area (Å²) in [4.78, 5) is 22.8. The van der Waals surface area contributed by atoms with E-state index >= 15 is 0 Å². The van der Waals surface area contributed by atoms with Crippen LogP contribution in [-0.2, 0) is 4.57 Å². The van der Waals surface area contributed by atoms with Crippen LogP contribution in [0.15, 0.2) is 72.0 Å². The van der Waals surface area contributed by atoms with Gasteiger partial charge in [0.05, 0.1) is 5.71 Å². The molecule has 1 aliphatic heterocycles. The van der Waals surface area contributed by atoms with E-state index in [1.165, 1.54) is 19.2 Å². The van der Waals surface area contributed by atoms with Crippen LogP contribution in [0, 0.1) is 11.8 Å². The van der Waals surface area contributed by atoms with Crippen molar-refractivity contribution in [1.29, 1.82) is 0 Å². The van der Waals surface area contributed by atoms with Gasteiger partial charge in [-0.1, -0.05) is 68.3 Å². The molecular weight excluding hydrogens is 471 g/mol. The Labute approximate surface area is 213 Å². The molecule has 190 valence electrons. The molecule has 5 rings (SSSR count). The zero-order chi connectivity index (χ0) is 25.8. The van der Waals surface area contributed by atoms with Gasteiger partial charge in [-0.25, -0.2) is 9.98 Å². The molecule has 0 radical (unpaired) electrons. The van der Waals surface area contributed by atoms with Crippen LogP contribution in [0.3, 0.4) is 0 Å². The number of aromatic nitrogens is 2. The van der Waals surface area contributed by atoms with Crippen molar-refractivity contribution in [3.8, 4) is 5.88 Å². The summed E-state index contributed by atoms with van der Waals surface area (Å²) < 4.78 is 18.2. The van der Waals surface area contributed by atoms with Crippen LogP contribution in [0.25, 0.3) is 0 Å². The molecule has 3 aromatic rings. The molecule has 2 aliphatic rings. The number of hydrogen-bond donors (Lipinski definition) is 2. The number of nitrogens with two attached hydrogens (primary N) is 1. The number of anilines is 1. The van der Waals surface area contributed by atoms with Crippen LogP contribution in [0.5, 0.6) is 5.88 Å². The lowest BCUT2D eigenvalue weighted by atomic mass is 9.84. The zero-order valence-electron chi connectivity index (χ0n) is 21.2. The molecule has 2 aromatic carbocycles. The topological polar surface area (TPSA) is 111 Å². The normalized spacial score (nSPS) is 22.1. The second kappa shape index (κ2) is 10.9. The Morgan fingerprint density at radius 1 is 1.00 bits per heavy atom. The third kappa shape index (κ3) is 6.21. The van der Waals surface area contributed by atoms with Crippen LogP contribution in [-0.4, -0.2) is 32.3 Å². The Bertz CT molecular complexity index is 1240. The Balaban J connectivity index is 0.000000170. The fourth-order valence-electron chi connectivity index (χ4n) is 4.73. The molecule has 36 heavy (non-hydrogen) atoms. The van der Waals surface area contributed by atoms with Gasteiger partial charge < -0.3 is 15.4 Å². The maximum absolute atomic E-state index is 12.3. The Morgan fingerprint density at radius 3 is 2.25 bits per heavy atom. The van der Waals surface area contributed by atoms with E-state index in [4.69, 9.17) is 10.5 Å². The molecule has 8 heteroatoms. The summed E-state index contributed by atoms with van der Waals surface area (Å²) in [6, 6.07) is 19.0. The van der Waals surface area contributed by atoms with Gasteiger partial charge in [0.15, 0.2) is 11.5 Å². The van der Waals surface area contributed by atoms with E-state index in [-0.39, 0.29) is 0 Å². The third-order valence-electron chi connectivity index (χ3n) is 6.81. The van der Waals surface area contributed by atoms with Crippen LogP contribution in [0.4, 0.5) is 11.5 Å². The minimum absolute atomic E-state index is 0.328. The maximum Gasteiger partial charge on any atom is 0.246 e. The van der Waals surface area contributed by atoms with Gasteiger partial charge in [-0.15, -0.1) is 0 Å². The lowest BCUT2D eigenvalue weighted by molar-refractivity contribution is 0.171. The second-order valence-corrected chi connectivity index (χ2v) is 12.5. The molecule has 2 heterocycles. The van der Waals surface area contributed by atoms with Crippen molar-refractivity contribution in [2.45, 2.75) is 52.1 Å². The van der Waals surface area contributed by atoms with Crippen LogP contribution < -0.4 is 15.8 Å². The van der Waals surface area contributed by atoms with Gasteiger partial charge >= 0.3 is 0 Å². The van der Waals surface area contributed by atoms with E-state index in [0.29, 0.717) is 34.8 Å². The molecule has 7 nitrogen and oxygen atoms in total. The number of benzene rings is 2. The van der Waals surface area contributed by atoms with Crippen LogP contribution >= 0.6 is 7.37 Å². The van der Waals surface area contributed by atoms with Crippen molar-refractivity contribution >= 4 is 29.9 Å². The summed E-state index contributed by atoms with van der Waals surface area (Å²) in [5.74, 6) is 1.98. The predicted octanol–water partition coefficient (Wildman–Crippen LogP) is 5.76. The first-order chi connectivity index (χ1) is 17.2. The molecule has 0 saturated heterocycles. The van der Waals surface area contributed by atoms with Gasteiger partial charge in [0, 0.05) is 17.0 Å². The second-order valence-electron chi connectivity index (χ2n) is 10.2. The monoisotopic (exact) mass is 506 g/mol. The quantitative estimate of drug-likeness (QED) is 0.435. The molecule has 3 N–H and O–H groups in total. The summed E-state index contributed by atoms with van der Waals surface area (Å²) in [7, 11) is -3.13. The summed E-state index contributed by atoms with van der Waals surface area (Å²) in [6.07, 6.45) is 6.48. The third-order valence-corrected chi connectivity index (χ3v) is 8.93. The standard InChI is InChI=1S/C14H14N4O.C14H21O2P/c1-14(2)11(9-6-4-3-5-7-9)18-10-12(15)16-8-17-13(10)19-14;1-12-7-9-13(10-8-12)11-17(15,16)14-5-3-2-4-6-14/h3-8H,1-2H3,(H2,15,16,17);2-6,12-13H,7-11H2,1H3,(H,15,16). The van der Waals surface area contributed by atoms with Crippen molar-refractivity contribution in [1.82, 2.24) is 9.97 Å². The number of ether oxygens (including phenoxy) is 1. The molecule has 1 aliphatic carbocycles. The van der Waals surface area contributed by atoms with Gasteiger partial charge in [0.1, 0.15) is 11.9 Å². The number of fused-ring (bicyclic) bond motifs is 1. The Hall–Kier alpha value is -3.02. The van der Waals surface area contributed by atoms with E-state index in [9.17, 15) is 9.46 Å². The largest absolute Gasteiger partial charge is 0.463 e. The Morgan fingerprint density at radius 2 is 1.61 bits per heavy atom. The highest BCUT2D eigenvalue weighted by Crippen LogP contribution is 2.45. The van der Waals surface area contributed by atoms with Gasteiger partial charge in [0.2, 0.25) is 13.2 Å². The lowest BCUT2D eigenvalue weighted by Gasteiger charge is -2.32. The lowest BCUT2D eigenvalue weighted by Crippen LogP contribution is -2.41. The highest BCUT2D eigenvalue weighted by Gasteiger charge is 2.35. The number of aliphatic imine (C=N–C) groups is 1.